The summed E-state index contributed by atoms with van der Waals surface area (Å²) in [6, 6.07) is -1.96. The average molecular weight is 505 g/mol. The number of aliphatic hydroxyl groups excluding tert-OH is 1. The molecule has 3 N–H and O–H groups in total. The molecule has 2 saturated heterocycles. The Hall–Kier alpha value is -1.99. The van der Waals surface area contributed by atoms with Crippen LogP contribution in [0.2, 0.25) is 0 Å². The number of esters is 1. The van der Waals surface area contributed by atoms with Gasteiger partial charge in [-0.25, -0.2) is 9.59 Å². The molecule has 2 rings (SSSR count). The number of rotatable bonds is 8. The van der Waals surface area contributed by atoms with E-state index in [9.17, 15) is 19.5 Å². The lowest BCUT2D eigenvalue weighted by atomic mass is 9.91. The van der Waals surface area contributed by atoms with Gasteiger partial charge in [0.2, 0.25) is 5.91 Å². The number of hydrogen-bond acceptors (Lipinski definition) is 10. The van der Waals surface area contributed by atoms with Crippen LogP contribution in [0.5, 0.6) is 0 Å². The molecule has 0 saturated carbocycles. The van der Waals surface area contributed by atoms with Gasteiger partial charge < -0.3 is 44.2 Å². The second-order valence-corrected chi connectivity index (χ2v) is 10.7. The van der Waals surface area contributed by atoms with E-state index in [0.29, 0.717) is 0 Å². The zero-order valence-corrected chi connectivity index (χ0v) is 22.0. The van der Waals surface area contributed by atoms with Crippen molar-refractivity contribution in [1.29, 1.82) is 0 Å². The molecule has 12 nitrogen and oxygen atoms in total. The standard InChI is InChI=1S/C23H40N2O10/c1-12(26)24-16(13(10-14(27)19(28)30-9)25-20(29)35-21(2,3)4)18-17(33-23(7,8)34-18)15-11-31-22(5,6)32-15/h13-18,27H,10-11H2,1-9H3,(H,24,26)(H,25,29)/t13-,14-,15+,16+,17+,18+/m0/s1. The predicted molar refractivity (Wildman–Crippen MR) is 122 cm³/mol. The molecular formula is C23H40N2O10. The molecule has 0 aromatic rings. The van der Waals surface area contributed by atoms with Crippen LogP contribution in [0.15, 0.2) is 0 Å². The first kappa shape index (κ1) is 29.2. The van der Waals surface area contributed by atoms with Gasteiger partial charge in [-0.1, -0.05) is 0 Å². The maximum Gasteiger partial charge on any atom is 0.407 e. The van der Waals surface area contributed by atoms with Crippen molar-refractivity contribution in [2.45, 2.75) is 115 Å². The lowest BCUT2D eigenvalue weighted by molar-refractivity contribution is -0.175. The molecule has 35 heavy (non-hydrogen) atoms. The fraction of sp³-hybridized carbons (Fsp3) is 0.870. The molecule has 2 fully saturated rings. The number of nitrogens with one attached hydrogen (secondary N) is 2. The maximum atomic E-state index is 12.7. The summed E-state index contributed by atoms with van der Waals surface area (Å²) in [6.07, 6.45) is -4.78. The molecule has 2 amide bonds. The Morgan fingerprint density at radius 3 is 2.17 bits per heavy atom. The van der Waals surface area contributed by atoms with Gasteiger partial charge in [0, 0.05) is 13.3 Å². The van der Waals surface area contributed by atoms with Crippen molar-refractivity contribution in [3.8, 4) is 0 Å². The number of alkyl carbamates (subject to hydrolysis) is 1. The Labute approximate surface area is 206 Å². The summed E-state index contributed by atoms with van der Waals surface area (Å²) in [7, 11) is 1.14. The van der Waals surface area contributed by atoms with Crippen molar-refractivity contribution in [3.63, 3.8) is 0 Å². The van der Waals surface area contributed by atoms with Crippen LogP contribution in [0.25, 0.3) is 0 Å². The van der Waals surface area contributed by atoms with Crippen molar-refractivity contribution >= 4 is 18.0 Å². The van der Waals surface area contributed by atoms with Crippen molar-refractivity contribution < 1.29 is 47.9 Å². The molecule has 202 valence electrons. The first-order valence-electron chi connectivity index (χ1n) is 11.6. The van der Waals surface area contributed by atoms with Crippen molar-refractivity contribution in [2.75, 3.05) is 13.7 Å². The predicted octanol–water partition coefficient (Wildman–Crippen LogP) is 0.980. The van der Waals surface area contributed by atoms with Crippen LogP contribution in [0.4, 0.5) is 4.79 Å². The molecule has 0 radical (unpaired) electrons. The normalized spacial score (nSPS) is 28.0. The summed E-state index contributed by atoms with van der Waals surface area (Å²) in [5.41, 5.74) is -0.808. The third-order valence-electron chi connectivity index (χ3n) is 5.37. The first-order chi connectivity index (χ1) is 15.9. The van der Waals surface area contributed by atoms with Gasteiger partial charge in [-0.15, -0.1) is 0 Å². The fourth-order valence-electron chi connectivity index (χ4n) is 4.13. The van der Waals surface area contributed by atoms with E-state index in [1.165, 1.54) is 6.92 Å². The number of carbonyl (C=O) groups is 3. The van der Waals surface area contributed by atoms with E-state index in [1.807, 2.05) is 0 Å². The zero-order chi connectivity index (χ0) is 26.8. The number of ether oxygens (including phenoxy) is 6. The minimum Gasteiger partial charge on any atom is -0.467 e. The number of carbonyl (C=O) groups excluding carboxylic acids is 3. The van der Waals surface area contributed by atoms with E-state index in [-0.39, 0.29) is 13.0 Å². The van der Waals surface area contributed by atoms with Crippen LogP contribution >= 0.6 is 0 Å². The Morgan fingerprint density at radius 1 is 1.06 bits per heavy atom. The monoisotopic (exact) mass is 504 g/mol. The second-order valence-electron chi connectivity index (χ2n) is 10.7. The smallest absolute Gasteiger partial charge is 0.407 e. The topological polar surface area (TPSA) is 151 Å². The van der Waals surface area contributed by atoms with Gasteiger partial charge in [0.15, 0.2) is 17.7 Å². The number of aliphatic hydroxyl groups is 1. The third-order valence-corrected chi connectivity index (χ3v) is 5.37. The van der Waals surface area contributed by atoms with Crippen molar-refractivity contribution in [1.82, 2.24) is 10.6 Å². The Balaban J connectivity index is 2.42. The van der Waals surface area contributed by atoms with E-state index in [4.69, 9.17) is 23.7 Å². The number of amides is 2. The molecule has 2 aliphatic heterocycles. The number of hydrogen-bond donors (Lipinski definition) is 3. The molecule has 6 atom stereocenters. The van der Waals surface area contributed by atoms with Crippen molar-refractivity contribution in [3.05, 3.63) is 0 Å². The third kappa shape index (κ3) is 8.57. The van der Waals surface area contributed by atoms with Gasteiger partial charge in [-0.3, -0.25) is 4.79 Å². The first-order valence-corrected chi connectivity index (χ1v) is 11.6. The van der Waals surface area contributed by atoms with Crippen LogP contribution in [-0.2, 0) is 38.0 Å². The summed E-state index contributed by atoms with van der Waals surface area (Å²) < 4.78 is 34.0. The SMILES string of the molecule is COC(=O)[C@@H](O)C[C@H](NC(=O)OC(C)(C)C)[C@@H](NC(C)=O)[C@H]1OC(C)(C)O[C@@H]1[C@H]1COC(C)(C)O1. The summed E-state index contributed by atoms with van der Waals surface area (Å²) >= 11 is 0. The lowest BCUT2D eigenvalue weighted by Crippen LogP contribution is -2.62. The average Bonchev–Trinajstić information content (AvgIpc) is 3.21. The highest BCUT2D eigenvalue weighted by Crippen LogP contribution is 2.37. The maximum absolute atomic E-state index is 12.7. The quantitative estimate of drug-likeness (QED) is 0.408. The summed E-state index contributed by atoms with van der Waals surface area (Å²) in [4.78, 5) is 36.9. The highest BCUT2D eigenvalue weighted by atomic mass is 16.8. The molecule has 0 aromatic heterocycles. The number of methoxy groups -OCH3 is 1. The molecule has 0 unspecified atom stereocenters. The van der Waals surface area contributed by atoms with Crippen LogP contribution in [0, 0.1) is 0 Å². The van der Waals surface area contributed by atoms with Crippen LogP contribution < -0.4 is 10.6 Å². The zero-order valence-electron chi connectivity index (χ0n) is 22.0. The molecule has 2 aliphatic rings. The van der Waals surface area contributed by atoms with Gasteiger partial charge in [0.05, 0.1) is 25.8 Å². The lowest BCUT2D eigenvalue weighted by Gasteiger charge is -2.36. The van der Waals surface area contributed by atoms with E-state index in [1.54, 1.807) is 48.5 Å². The van der Waals surface area contributed by atoms with Gasteiger partial charge in [0.25, 0.3) is 0 Å². The largest absolute Gasteiger partial charge is 0.467 e. The van der Waals surface area contributed by atoms with Crippen molar-refractivity contribution in [2.24, 2.45) is 0 Å². The molecule has 0 aromatic carbocycles. The van der Waals surface area contributed by atoms with Gasteiger partial charge in [-0.2, -0.15) is 0 Å². The molecular weight excluding hydrogens is 464 g/mol. The Morgan fingerprint density at radius 2 is 1.69 bits per heavy atom. The molecule has 2 heterocycles. The minimum absolute atomic E-state index is 0.218. The van der Waals surface area contributed by atoms with Gasteiger partial charge >= 0.3 is 12.1 Å². The Bertz CT molecular complexity index is 779. The summed E-state index contributed by atoms with van der Waals surface area (Å²) in [5.74, 6) is -3.21. The van der Waals surface area contributed by atoms with E-state index >= 15 is 0 Å². The van der Waals surface area contributed by atoms with Gasteiger partial charge in [-0.05, 0) is 48.5 Å². The summed E-state index contributed by atoms with van der Waals surface area (Å²) in [6.45, 7) is 13.6. The van der Waals surface area contributed by atoms with Gasteiger partial charge in [0.1, 0.15) is 23.9 Å². The van der Waals surface area contributed by atoms with E-state index < -0.39 is 71.6 Å². The fourth-order valence-corrected chi connectivity index (χ4v) is 4.13. The van der Waals surface area contributed by atoms with Crippen LogP contribution in [0.1, 0.15) is 61.8 Å². The van der Waals surface area contributed by atoms with Crippen LogP contribution in [-0.4, -0.2) is 90.5 Å². The van der Waals surface area contributed by atoms with E-state index in [2.05, 4.69) is 15.4 Å². The highest BCUT2D eigenvalue weighted by molar-refractivity contribution is 5.75. The molecule has 0 bridgehead atoms. The van der Waals surface area contributed by atoms with Crippen LogP contribution in [0.3, 0.4) is 0 Å². The Kier molecular flexibility index (Phi) is 9.15. The van der Waals surface area contributed by atoms with E-state index in [0.717, 1.165) is 7.11 Å². The molecule has 0 aliphatic carbocycles. The second kappa shape index (κ2) is 11.0. The molecule has 0 spiro atoms. The molecule has 12 heteroatoms. The highest BCUT2D eigenvalue weighted by Gasteiger charge is 2.54. The summed E-state index contributed by atoms with van der Waals surface area (Å²) in [5, 5.41) is 15.9. The minimum atomic E-state index is -1.59.